The second-order valence-electron chi connectivity index (χ2n) is 5.81. The first-order valence-corrected chi connectivity index (χ1v) is 8.87. The van der Waals surface area contributed by atoms with E-state index in [1.807, 2.05) is 37.3 Å². The minimum atomic E-state index is -0.535. The van der Waals surface area contributed by atoms with Crippen molar-refractivity contribution in [1.29, 1.82) is 0 Å². The van der Waals surface area contributed by atoms with Crippen LogP contribution >= 0.6 is 23.2 Å². The van der Waals surface area contributed by atoms with E-state index in [1.54, 1.807) is 12.1 Å². The van der Waals surface area contributed by atoms with Gasteiger partial charge in [-0.25, -0.2) is 4.98 Å². The lowest BCUT2D eigenvalue weighted by atomic mass is 10.1. The third-order valence-corrected chi connectivity index (χ3v) is 4.65. The topological polar surface area (TPSA) is 86.9 Å². The number of H-pyrrole nitrogens is 1. The smallest absolute Gasteiger partial charge is 0.276 e. The molecule has 0 bridgehead atoms. The zero-order valence-electron chi connectivity index (χ0n) is 14.3. The third-order valence-electron chi connectivity index (χ3n) is 3.91. The van der Waals surface area contributed by atoms with Crippen molar-refractivity contribution in [3.05, 3.63) is 81.9 Å². The fourth-order valence-electron chi connectivity index (χ4n) is 2.50. The van der Waals surface area contributed by atoms with Gasteiger partial charge in [0.25, 0.3) is 11.8 Å². The Morgan fingerprint density at radius 2 is 1.78 bits per heavy atom. The average molecular weight is 403 g/mol. The highest BCUT2D eigenvalue weighted by atomic mass is 35.5. The molecule has 0 saturated carbocycles. The number of benzene rings is 2. The normalized spacial score (nSPS) is 11.7. The zero-order valence-corrected chi connectivity index (χ0v) is 15.8. The Kier molecular flexibility index (Phi) is 5.78. The molecule has 0 unspecified atom stereocenters. The van der Waals surface area contributed by atoms with E-state index in [0.29, 0.717) is 15.7 Å². The first-order valence-electron chi connectivity index (χ1n) is 8.11. The molecule has 1 aromatic heterocycles. The van der Waals surface area contributed by atoms with Gasteiger partial charge in [-0.2, -0.15) is 0 Å². The van der Waals surface area contributed by atoms with E-state index in [-0.39, 0.29) is 17.4 Å². The van der Waals surface area contributed by atoms with Crippen molar-refractivity contribution in [3.8, 4) is 0 Å². The number of carbonyl (C=O) groups is 2. The molecule has 3 aromatic rings. The van der Waals surface area contributed by atoms with E-state index in [0.717, 1.165) is 5.56 Å². The summed E-state index contributed by atoms with van der Waals surface area (Å²) in [6.07, 6.45) is 1.30. The van der Waals surface area contributed by atoms with Gasteiger partial charge >= 0.3 is 0 Å². The molecule has 0 radical (unpaired) electrons. The van der Waals surface area contributed by atoms with Crippen LogP contribution in [0.5, 0.6) is 0 Å². The molecule has 0 aliphatic rings. The predicted molar refractivity (Wildman–Crippen MR) is 105 cm³/mol. The van der Waals surface area contributed by atoms with Gasteiger partial charge in [0.15, 0.2) is 5.69 Å². The first-order chi connectivity index (χ1) is 13.0. The lowest BCUT2D eigenvalue weighted by Gasteiger charge is -2.14. The Balaban J connectivity index is 1.73. The molecule has 27 heavy (non-hydrogen) atoms. The predicted octanol–water partition coefficient (Wildman–Crippen LogP) is 4.46. The van der Waals surface area contributed by atoms with Crippen molar-refractivity contribution < 1.29 is 9.59 Å². The second kappa shape index (κ2) is 8.24. The molecule has 6 nitrogen and oxygen atoms in total. The maximum atomic E-state index is 12.6. The summed E-state index contributed by atoms with van der Waals surface area (Å²) in [7, 11) is 0. The fourth-order valence-corrected chi connectivity index (χ4v) is 2.80. The van der Waals surface area contributed by atoms with Gasteiger partial charge in [0.05, 0.1) is 22.4 Å². The summed E-state index contributed by atoms with van der Waals surface area (Å²) in [4.78, 5) is 31.8. The largest absolute Gasteiger partial charge is 0.344 e. The summed E-state index contributed by atoms with van der Waals surface area (Å²) in [5, 5.41) is 6.18. The van der Waals surface area contributed by atoms with Crippen LogP contribution < -0.4 is 10.6 Å². The minimum Gasteiger partial charge on any atom is -0.344 e. The number of hydrogen-bond donors (Lipinski definition) is 3. The molecule has 8 heteroatoms. The van der Waals surface area contributed by atoms with Crippen molar-refractivity contribution >= 4 is 40.7 Å². The van der Waals surface area contributed by atoms with Crippen LogP contribution in [0.3, 0.4) is 0 Å². The number of nitrogens with zero attached hydrogens (tertiary/aromatic N) is 1. The molecular weight excluding hydrogens is 387 g/mol. The SMILES string of the molecule is C[C@H](NC(=O)c1[nH]cnc1C(=O)Nc1ccc(Cl)c(Cl)c1)c1ccccc1. The van der Waals surface area contributed by atoms with E-state index >= 15 is 0 Å². The summed E-state index contributed by atoms with van der Waals surface area (Å²) in [6, 6.07) is 14.0. The lowest BCUT2D eigenvalue weighted by Crippen LogP contribution is -2.29. The van der Waals surface area contributed by atoms with Crippen molar-refractivity contribution in [2.45, 2.75) is 13.0 Å². The second-order valence-corrected chi connectivity index (χ2v) is 6.63. The van der Waals surface area contributed by atoms with E-state index in [4.69, 9.17) is 23.2 Å². The van der Waals surface area contributed by atoms with Crippen LogP contribution in [0.25, 0.3) is 0 Å². The molecule has 3 N–H and O–H groups in total. The van der Waals surface area contributed by atoms with Crippen LogP contribution in [0.1, 0.15) is 39.5 Å². The number of rotatable bonds is 5. The monoisotopic (exact) mass is 402 g/mol. The Hall–Kier alpha value is -2.83. The van der Waals surface area contributed by atoms with Gasteiger partial charge in [-0.1, -0.05) is 53.5 Å². The fraction of sp³-hybridized carbons (Fsp3) is 0.105. The van der Waals surface area contributed by atoms with Gasteiger partial charge in [0.2, 0.25) is 0 Å². The highest BCUT2D eigenvalue weighted by Crippen LogP contribution is 2.25. The van der Waals surface area contributed by atoms with Crippen LogP contribution in [0, 0.1) is 0 Å². The van der Waals surface area contributed by atoms with Gasteiger partial charge in [0, 0.05) is 5.69 Å². The molecule has 0 spiro atoms. The van der Waals surface area contributed by atoms with Crippen molar-refractivity contribution in [3.63, 3.8) is 0 Å². The Morgan fingerprint density at radius 1 is 1.04 bits per heavy atom. The molecule has 138 valence electrons. The molecule has 3 rings (SSSR count). The number of hydrogen-bond acceptors (Lipinski definition) is 3. The number of aromatic amines is 1. The highest BCUT2D eigenvalue weighted by Gasteiger charge is 2.22. The van der Waals surface area contributed by atoms with Crippen molar-refractivity contribution in [2.75, 3.05) is 5.32 Å². The standard InChI is InChI=1S/C19H16Cl2N4O2/c1-11(12-5-3-2-4-6-12)24-18(26)16-17(23-10-22-16)19(27)25-13-7-8-14(20)15(21)9-13/h2-11H,1H3,(H,22,23)(H,24,26)(H,25,27)/t11-/m0/s1. The molecule has 0 aliphatic carbocycles. The summed E-state index contributed by atoms with van der Waals surface area (Å²) in [5.74, 6) is -0.963. The number of halogens is 2. The number of aromatic nitrogens is 2. The molecule has 1 atom stereocenters. The van der Waals surface area contributed by atoms with E-state index in [2.05, 4.69) is 20.6 Å². The quantitative estimate of drug-likeness (QED) is 0.588. The first kappa shape index (κ1) is 18.9. The van der Waals surface area contributed by atoms with Crippen molar-refractivity contribution in [2.24, 2.45) is 0 Å². The Bertz CT molecular complexity index is 973. The van der Waals surface area contributed by atoms with Crippen LogP contribution in [0.2, 0.25) is 10.0 Å². The van der Waals surface area contributed by atoms with E-state index < -0.39 is 11.8 Å². The molecule has 0 aliphatic heterocycles. The number of carbonyl (C=O) groups excluding carboxylic acids is 2. The van der Waals surface area contributed by atoms with Crippen LogP contribution in [-0.2, 0) is 0 Å². The summed E-state index contributed by atoms with van der Waals surface area (Å²) in [6.45, 7) is 1.86. The summed E-state index contributed by atoms with van der Waals surface area (Å²) in [5.41, 5.74) is 1.46. The molecule has 2 aromatic carbocycles. The summed E-state index contributed by atoms with van der Waals surface area (Å²) < 4.78 is 0. The van der Waals surface area contributed by atoms with Gasteiger partial charge in [-0.05, 0) is 30.7 Å². The van der Waals surface area contributed by atoms with E-state index in [1.165, 1.54) is 12.4 Å². The van der Waals surface area contributed by atoms with Gasteiger partial charge in [0.1, 0.15) is 5.69 Å². The number of imidazole rings is 1. The lowest BCUT2D eigenvalue weighted by molar-refractivity contribution is 0.0923. The Labute approximate surface area is 165 Å². The zero-order chi connectivity index (χ0) is 19.4. The molecule has 1 heterocycles. The maximum Gasteiger partial charge on any atom is 0.276 e. The number of anilines is 1. The molecule has 0 fully saturated rings. The summed E-state index contributed by atoms with van der Waals surface area (Å²) >= 11 is 11.8. The van der Waals surface area contributed by atoms with Crippen LogP contribution in [0.15, 0.2) is 54.9 Å². The number of amides is 2. The molecule has 0 saturated heterocycles. The van der Waals surface area contributed by atoms with E-state index in [9.17, 15) is 9.59 Å². The molecule has 2 amide bonds. The highest BCUT2D eigenvalue weighted by molar-refractivity contribution is 6.42. The maximum absolute atomic E-state index is 12.6. The van der Waals surface area contributed by atoms with Gasteiger partial charge in [-0.15, -0.1) is 0 Å². The average Bonchev–Trinajstić information content (AvgIpc) is 3.15. The van der Waals surface area contributed by atoms with Gasteiger partial charge in [-0.3, -0.25) is 9.59 Å². The Morgan fingerprint density at radius 3 is 2.48 bits per heavy atom. The van der Waals surface area contributed by atoms with Crippen LogP contribution in [0.4, 0.5) is 5.69 Å². The third kappa shape index (κ3) is 4.48. The van der Waals surface area contributed by atoms with Gasteiger partial charge < -0.3 is 15.6 Å². The minimum absolute atomic E-state index is 0.0150. The van der Waals surface area contributed by atoms with Crippen molar-refractivity contribution in [1.82, 2.24) is 15.3 Å². The molecular formula is C19H16Cl2N4O2. The van der Waals surface area contributed by atoms with Crippen LogP contribution in [-0.4, -0.2) is 21.8 Å². The number of nitrogens with one attached hydrogen (secondary N) is 3.